The van der Waals surface area contributed by atoms with Gasteiger partial charge in [-0.05, 0) is 36.8 Å². The van der Waals surface area contributed by atoms with Crippen LogP contribution in [0.1, 0.15) is 53.7 Å². The molecule has 4 aromatic rings. The van der Waals surface area contributed by atoms with Crippen molar-refractivity contribution in [3.63, 3.8) is 0 Å². The van der Waals surface area contributed by atoms with Crippen LogP contribution in [0, 0.1) is 12.3 Å². The molecule has 0 bridgehead atoms. The predicted octanol–water partition coefficient (Wildman–Crippen LogP) is 6.98. The fourth-order valence-electron chi connectivity index (χ4n) is 7.26. The normalized spacial score (nSPS) is 21.0. The van der Waals surface area contributed by atoms with E-state index in [1.54, 1.807) is 61.7 Å². The molecule has 3 aliphatic rings. The molecule has 1 saturated heterocycles. The molecule has 0 unspecified atom stereocenters. The second-order valence-electron chi connectivity index (χ2n) is 11.2. The van der Waals surface area contributed by atoms with Gasteiger partial charge in [0.05, 0.1) is 20.3 Å². The molecule has 0 amide bonds. The Morgan fingerprint density at radius 3 is 2.21 bits per heavy atom. The Kier molecular flexibility index (Phi) is 6.29. The summed E-state index contributed by atoms with van der Waals surface area (Å²) in [5.74, 6) is -0.705. The first-order valence-corrected chi connectivity index (χ1v) is 14.5. The summed E-state index contributed by atoms with van der Waals surface area (Å²) in [6.45, 7) is 1.96. The first-order chi connectivity index (χ1) is 20.8. The number of fused-ring (bicyclic) bond motifs is 5. The van der Waals surface area contributed by atoms with Crippen molar-refractivity contribution in [3.8, 4) is 11.5 Å². The minimum absolute atomic E-state index is 0.197. The van der Waals surface area contributed by atoms with Gasteiger partial charge in [0, 0.05) is 44.9 Å². The molecule has 3 atom stereocenters. The molecule has 6 nitrogen and oxygen atoms in total. The number of methoxy groups -OCH3 is 2. The first kappa shape index (κ1) is 27.2. The van der Waals surface area contributed by atoms with Crippen LogP contribution in [0.15, 0.2) is 91.0 Å². The monoisotopic (exact) mass is 589 g/mol. The molecule has 43 heavy (non-hydrogen) atoms. The van der Waals surface area contributed by atoms with E-state index in [1.807, 2.05) is 54.3 Å². The molecule has 0 aromatic heterocycles. The molecule has 0 N–H and O–H groups in total. The Labute approximate surface area is 254 Å². The number of carbonyl (C=O) groups is 3. The second kappa shape index (κ2) is 9.96. The van der Waals surface area contributed by atoms with Crippen molar-refractivity contribution in [2.45, 2.75) is 24.9 Å². The van der Waals surface area contributed by atoms with Gasteiger partial charge >= 0.3 is 0 Å². The summed E-state index contributed by atoms with van der Waals surface area (Å²) in [6, 6.07) is 23.4. The van der Waals surface area contributed by atoms with Crippen molar-refractivity contribution in [1.29, 1.82) is 0 Å². The number of hydrogen-bond donors (Lipinski definition) is 0. The number of carbonyl (C=O) groups excluding carboxylic acids is 3. The van der Waals surface area contributed by atoms with Crippen molar-refractivity contribution >= 4 is 40.7 Å². The number of nitrogens with zero attached hydrogens (tertiary/aromatic N) is 1. The molecule has 1 spiro atoms. The second-order valence-corrected chi connectivity index (χ2v) is 11.7. The van der Waals surface area contributed by atoms with Gasteiger partial charge in [0.15, 0.2) is 17.3 Å². The van der Waals surface area contributed by atoms with Gasteiger partial charge in [-0.1, -0.05) is 83.9 Å². The Morgan fingerprint density at radius 1 is 0.860 bits per heavy atom. The lowest BCUT2D eigenvalue weighted by atomic mass is 9.64. The number of halogens is 1. The highest BCUT2D eigenvalue weighted by Crippen LogP contribution is 2.62. The van der Waals surface area contributed by atoms with Crippen LogP contribution < -0.4 is 14.4 Å². The topological polar surface area (TPSA) is 72.9 Å². The highest BCUT2D eigenvalue weighted by molar-refractivity contribution is 6.33. The van der Waals surface area contributed by atoms with Gasteiger partial charge in [0.25, 0.3) is 0 Å². The van der Waals surface area contributed by atoms with Crippen molar-refractivity contribution in [1.82, 2.24) is 0 Å². The molecule has 1 fully saturated rings. The number of Topliss-reactive ketones (excluding diaryl/α,β-unsaturated/α-hetero) is 3. The Hall–Kier alpha value is -4.68. The quantitative estimate of drug-likeness (QED) is 0.185. The van der Waals surface area contributed by atoms with Gasteiger partial charge in [0.2, 0.25) is 0 Å². The van der Waals surface area contributed by atoms with Gasteiger partial charge in [-0.15, -0.1) is 0 Å². The molecule has 0 radical (unpaired) electrons. The third-order valence-electron chi connectivity index (χ3n) is 9.15. The minimum atomic E-state index is -1.63. The Balaban J connectivity index is 1.57. The van der Waals surface area contributed by atoms with Crippen LogP contribution in [0.3, 0.4) is 0 Å². The maximum atomic E-state index is 14.8. The van der Waals surface area contributed by atoms with E-state index < -0.39 is 23.4 Å². The van der Waals surface area contributed by atoms with Crippen LogP contribution in [-0.4, -0.2) is 43.7 Å². The fraction of sp³-hybridized carbons (Fsp3) is 0.194. The summed E-state index contributed by atoms with van der Waals surface area (Å²) in [5.41, 5.74) is 2.72. The van der Waals surface area contributed by atoms with Gasteiger partial charge in [-0.3, -0.25) is 14.4 Å². The molecule has 1 aliphatic carbocycles. The summed E-state index contributed by atoms with van der Waals surface area (Å²) >= 11 is 6.39. The first-order valence-electron chi connectivity index (χ1n) is 14.1. The molecule has 0 saturated carbocycles. The maximum Gasteiger partial charge on any atom is 0.185 e. The van der Waals surface area contributed by atoms with Crippen molar-refractivity contribution < 1.29 is 23.9 Å². The van der Waals surface area contributed by atoms with Gasteiger partial charge < -0.3 is 14.4 Å². The average molecular weight is 590 g/mol. The molecule has 214 valence electrons. The molecule has 2 heterocycles. The van der Waals surface area contributed by atoms with E-state index in [0.29, 0.717) is 38.8 Å². The van der Waals surface area contributed by atoms with Crippen LogP contribution in [0.2, 0.25) is 5.02 Å². The van der Waals surface area contributed by atoms with Crippen LogP contribution in [0.25, 0.3) is 6.08 Å². The third kappa shape index (κ3) is 3.76. The molecule has 7 rings (SSSR count). The summed E-state index contributed by atoms with van der Waals surface area (Å²) in [6.07, 6.45) is 3.78. The van der Waals surface area contributed by atoms with Crippen LogP contribution in [0.5, 0.6) is 11.5 Å². The van der Waals surface area contributed by atoms with E-state index in [4.69, 9.17) is 21.1 Å². The van der Waals surface area contributed by atoms with Gasteiger partial charge in [-0.2, -0.15) is 0 Å². The SMILES string of the molecule is COc1ccc([C@@H]2[C@H](C(=O)c3ccc(C)cc3)N3c4ccc(Cl)cc4C=C[C@@H]3C23C(=O)c2ccccc2C3=O)c(OC)c1. The average Bonchev–Trinajstić information content (AvgIpc) is 3.46. The van der Waals surface area contributed by atoms with Crippen molar-refractivity contribution in [2.24, 2.45) is 5.41 Å². The lowest BCUT2D eigenvalue weighted by Crippen LogP contribution is -2.48. The molecule has 2 aliphatic heterocycles. The summed E-state index contributed by atoms with van der Waals surface area (Å²) in [4.78, 5) is 46.5. The van der Waals surface area contributed by atoms with Crippen LogP contribution >= 0.6 is 11.6 Å². The molecule has 4 aromatic carbocycles. The van der Waals surface area contributed by atoms with E-state index in [9.17, 15) is 14.4 Å². The summed E-state index contributed by atoms with van der Waals surface area (Å²) in [7, 11) is 3.09. The van der Waals surface area contributed by atoms with E-state index in [-0.39, 0.29) is 17.3 Å². The fourth-order valence-corrected chi connectivity index (χ4v) is 7.44. The highest BCUT2D eigenvalue weighted by Gasteiger charge is 2.72. The summed E-state index contributed by atoms with van der Waals surface area (Å²) < 4.78 is 11.3. The lowest BCUT2D eigenvalue weighted by Gasteiger charge is -2.37. The van der Waals surface area contributed by atoms with Crippen LogP contribution in [0.4, 0.5) is 5.69 Å². The third-order valence-corrected chi connectivity index (χ3v) is 9.38. The lowest BCUT2D eigenvalue weighted by molar-refractivity contribution is 0.0665. The number of anilines is 1. The number of ketones is 3. The van der Waals surface area contributed by atoms with E-state index in [2.05, 4.69) is 0 Å². The van der Waals surface area contributed by atoms with E-state index in [0.717, 1.165) is 16.8 Å². The predicted molar refractivity (Wildman–Crippen MR) is 166 cm³/mol. The number of aryl methyl sites for hydroxylation is 1. The van der Waals surface area contributed by atoms with E-state index >= 15 is 0 Å². The number of benzene rings is 4. The Bertz CT molecular complexity index is 1830. The maximum absolute atomic E-state index is 14.8. The molecular formula is C36H28ClNO5. The zero-order valence-electron chi connectivity index (χ0n) is 23.8. The standard InChI is InChI=1S/C36H28ClNO5/c1-20-8-10-21(11-9-20)33(39)32-31(27-15-14-24(42-2)19-29(27)43-3)36(34(40)25-6-4-5-7-26(25)35(36)41)30-17-12-22-18-23(37)13-16-28(22)38(30)32/h4-19,30-32H,1-3H3/t30-,31-,32-/m1/s1. The smallest absolute Gasteiger partial charge is 0.185 e. The number of hydrogen-bond acceptors (Lipinski definition) is 6. The highest BCUT2D eigenvalue weighted by atomic mass is 35.5. The molecular weight excluding hydrogens is 562 g/mol. The Morgan fingerprint density at radius 2 is 1.56 bits per heavy atom. The van der Waals surface area contributed by atoms with Gasteiger partial charge in [0.1, 0.15) is 23.0 Å². The number of ether oxygens (including phenoxy) is 2. The van der Waals surface area contributed by atoms with Crippen molar-refractivity contribution in [2.75, 3.05) is 19.1 Å². The minimum Gasteiger partial charge on any atom is -0.497 e. The zero-order chi connectivity index (χ0) is 30.0. The van der Waals surface area contributed by atoms with E-state index in [1.165, 1.54) is 7.11 Å². The molecule has 7 heteroatoms. The largest absolute Gasteiger partial charge is 0.497 e. The van der Waals surface area contributed by atoms with Crippen molar-refractivity contribution in [3.05, 3.63) is 129 Å². The summed E-state index contributed by atoms with van der Waals surface area (Å²) in [5, 5.41) is 0.547. The van der Waals surface area contributed by atoms with Crippen LogP contribution in [-0.2, 0) is 0 Å². The number of rotatable bonds is 5. The van der Waals surface area contributed by atoms with Gasteiger partial charge in [-0.25, -0.2) is 0 Å². The zero-order valence-corrected chi connectivity index (χ0v) is 24.6.